The zero-order valence-electron chi connectivity index (χ0n) is 22.8. The van der Waals surface area contributed by atoms with Crippen LogP contribution in [-0.4, -0.2) is 38.8 Å². The Hall–Kier alpha value is -3.91. The van der Waals surface area contributed by atoms with Gasteiger partial charge in [0.2, 0.25) is 5.91 Å². The second-order valence-corrected chi connectivity index (χ2v) is 11.7. The lowest BCUT2D eigenvalue weighted by Crippen LogP contribution is -2.38. The van der Waals surface area contributed by atoms with Crippen molar-refractivity contribution in [1.82, 2.24) is 19.9 Å². The van der Waals surface area contributed by atoms with Crippen LogP contribution in [0.5, 0.6) is 0 Å². The van der Waals surface area contributed by atoms with Gasteiger partial charge in [-0.2, -0.15) is 0 Å². The van der Waals surface area contributed by atoms with Gasteiger partial charge in [0.15, 0.2) is 0 Å². The van der Waals surface area contributed by atoms with Crippen LogP contribution in [0.3, 0.4) is 0 Å². The molecule has 5 aromatic rings. The van der Waals surface area contributed by atoms with Crippen LogP contribution in [0.1, 0.15) is 43.5 Å². The maximum absolute atomic E-state index is 13.6. The third kappa shape index (κ3) is 6.38. The number of carbonyl (C=O) groups excluding carboxylic acids is 1. The highest BCUT2D eigenvalue weighted by molar-refractivity contribution is 7.17. The number of aromatic amines is 1. The second-order valence-electron chi connectivity index (χ2n) is 10.7. The van der Waals surface area contributed by atoms with Gasteiger partial charge in [0.25, 0.3) is 0 Å². The number of aryl methyl sites for hydroxylation is 2. The van der Waals surface area contributed by atoms with Crippen LogP contribution in [0, 0.1) is 17.6 Å². The minimum Gasteiger partial charge on any atom is -0.343 e. The summed E-state index contributed by atoms with van der Waals surface area (Å²) in [6.07, 6.45) is 7.81. The molecule has 0 aliphatic carbocycles. The molecule has 2 aromatic carbocycles. The normalized spacial score (nSPS) is 14.1. The Balaban J connectivity index is 1.03. The van der Waals surface area contributed by atoms with E-state index in [-0.39, 0.29) is 17.5 Å². The van der Waals surface area contributed by atoms with E-state index in [0.29, 0.717) is 31.0 Å². The van der Waals surface area contributed by atoms with Crippen molar-refractivity contribution in [2.24, 2.45) is 5.92 Å². The fraction of sp³-hybridized carbons (Fsp3) is 0.303. The first-order valence-electron chi connectivity index (χ1n) is 14.2. The first kappa shape index (κ1) is 27.3. The Bertz CT molecular complexity index is 1620. The molecule has 210 valence electrons. The molecular weight excluding hydrogens is 538 g/mol. The van der Waals surface area contributed by atoms with Crippen molar-refractivity contribution in [3.63, 3.8) is 0 Å². The van der Waals surface area contributed by atoms with E-state index in [1.165, 1.54) is 40.0 Å². The lowest BCUT2D eigenvalue weighted by atomic mass is 9.91. The maximum atomic E-state index is 13.6. The topological polar surface area (TPSA) is 61.9 Å². The molecule has 5 nitrogen and oxygen atoms in total. The van der Waals surface area contributed by atoms with Gasteiger partial charge in [0.05, 0.1) is 5.69 Å². The van der Waals surface area contributed by atoms with E-state index in [1.807, 2.05) is 11.1 Å². The Morgan fingerprint density at radius 1 is 0.927 bits per heavy atom. The van der Waals surface area contributed by atoms with Crippen LogP contribution in [0.2, 0.25) is 0 Å². The largest absolute Gasteiger partial charge is 0.343 e. The van der Waals surface area contributed by atoms with Crippen molar-refractivity contribution >= 4 is 27.3 Å². The fourth-order valence-corrected chi connectivity index (χ4v) is 6.52. The number of nitrogens with zero attached hydrogens (tertiary/aromatic N) is 3. The van der Waals surface area contributed by atoms with Gasteiger partial charge in [-0.25, -0.2) is 13.8 Å². The smallest absolute Gasteiger partial charge is 0.222 e. The number of H-pyrrole nitrogens is 1. The molecule has 1 aliphatic heterocycles. The predicted molar refractivity (Wildman–Crippen MR) is 160 cm³/mol. The van der Waals surface area contributed by atoms with Crippen LogP contribution < -0.4 is 0 Å². The van der Waals surface area contributed by atoms with Gasteiger partial charge < -0.3 is 9.88 Å². The Kier molecular flexibility index (Phi) is 8.19. The number of thiophene rings is 1. The number of rotatable bonds is 9. The summed E-state index contributed by atoms with van der Waals surface area (Å²) >= 11 is 1.76. The lowest BCUT2D eigenvalue weighted by Gasteiger charge is -2.32. The van der Waals surface area contributed by atoms with Gasteiger partial charge in [-0.15, -0.1) is 11.3 Å². The molecule has 1 aliphatic rings. The average Bonchev–Trinajstić information content (AvgIpc) is 3.65. The number of hydrogen-bond donors (Lipinski definition) is 1. The molecule has 1 fully saturated rings. The van der Waals surface area contributed by atoms with E-state index in [1.54, 1.807) is 35.6 Å². The van der Waals surface area contributed by atoms with Gasteiger partial charge in [-0.1, -0.05) is 0 Å². The number of benzene rings is 2. The number of pyridine rings is 1. The molecule has 4 heterocycles. The number of likely N-dealkylation sites (tertiary alicyclic amines) is 1. The van der Waals surface area contributed by atoms with E-state index in [9.17, 15) is 13.6 Å². The molecule has 0 radical (unpaired) electrons. The predicted octanol–water partition coefficient (Wildman–Crippen LogP) is 7.83. The van der Waals surface area contributed by atoms with Crippen molar-refractivity contribution in [3.8, 4) is 22.6 Å². The molecule has 1 saturated heterocycles. The number of fused-ring (bicyclic) bond motifs is 1. The molecule has 8 heteroatoms. The molecule has 0 atom stereocenters. The number of halogens is 2. The highest BCUT2D eigenvalue weighted by atomic mass is 32.1. The molecule has 1 N–H and O–H groups in total. The minimum atomic E-state index is -0.310. The van der Waals surface area contributed by atoms with E-state index in [2.05, 4.69) is 27.5 Å². The summed E-state index contributed by atoms with van der Waals surface area (Å²) < 4.78 is 28.3. The van der Waals surface area contributed by atoms with E-state index < -0.39 is 0 Å². The summed E-state index contributed by atoms with van der Waals surface area (Å²) in [6, 6.07) is 16.6. The van der Waals surface area contributed by atoms with Crippen LogP contribution in [0.15, 0.2) is 72.2 Å². The van der Waals surface area contributed by atoms with Crippen LogP contribution in [0.25, 0.3) is 32.7 Å². The third-order valence-electron chi connectivity index (χ3n) is 8.05. The standard InChI is InChI=1S/C33H32F2N4OS/c34-25-9-5-23(6-10-25)32-29(37-33(38-32)24-7-11-26(35)12-8-24)2-1-3-31(40)39-19-15-22(16-20-39)4-13-28-27-17-21-41-30(27)14-18-36-28/h5-12,14,17-18,21-22H,1-4,13,15-16,19-20H2,(H,37,38). The average molecular weight is 571 g/mol. The number of nitrogens with one attached hydrogen (secondary N) is 1. The van der Waals surface area contributed by atoms with Crippen molar-refractivity contribution < 1.29 is 13.6 Å². The van der Waals surface area contributed by atoms with Crippen molar-refractivity contribution in [1.29, 1.82) is 0 Å². The quantitative estimate of drug-likeness (QED) is 0.197. The minimum absolute atomic E-state index is 0.190. The van der Waals surface area contributed by atoms with Gasteiger partial charge >= 0.3 is 0 Å². The number of hydrogen-bond acceptors (Lipinski definition) is 4. The van der Waals surface area contributed by atoms with Gasteiger partial charge in [-0.05, 0) is 110 Å². The van der Waals surface area contributed by atoms with Crippen molar-refractivity contribution in [3.05, 3.63) is 95.3 Å². The lowest BCUT2D eigenvalue weighted by molar-refractivity contribution is -0.132. The van der Waals surface area contributed by atoms with Crippen LogP contribution in [-0.2, 0) is 17.6 Å². The molecule has 41 heavy (non-hydrogen) atoms. The van der Waals surface area contributed by atoms with Crippen molar-refractivity contribution in [2.45, 2.75) is 44.9 Å². The molecule has 0 saturated carbocycles. The molecule has 0 bridgehead atoms. The Morgan fingerprint density at radius 3 is 2.37 bits per heavy atom. The summed E-state index contributed by atoms with van der Waals surface area (Å²) in [6.45, 7) is 1.61. The van der Waals surface area contributed by atoms with E-state index >= 15 is 0 Å². The Morgan fingerprint density at radius 2 is 1.63 bits per heavy atom. The summed E-state index contributed by atoms with van der Waals surface area (Å²) in [7, 11) is 0. The molecule has 0 unspecified atom stereocenters. The zero-order chi connectivity index (χ0) is 28.2. The number of piperidine rings is 1. The SMILES string of the molecule is O=C(CCCc1[nH]c(-c2ccc(F)cc2)nc1-c1ccc(F)cc1)N1CCC(CCc2nccc3sccc23)CC1. The number of imidazole rings is 1. The molecule has 6 rings (SSSR count). The number of carbonyl (C=O) groups is 1. The van der Waals surface area contributed by atoms with Gasteiger partial charge in [0.1, 0.15) is 17.5 Å². The first-order valence-corrected chi connectivity index (χ1v) is 15.1. The van der Waals surface area contributed by atoms with Gasteiger partial charge in [0, 0.05) is 58.3 Å². The first-order chi connectivity index (χ1) is 20.0. The summed E-state index contributed by atoms with van der Waals surface area (Å²) in [4.78, 5) is 27.8. The van der Waals surface area contributed by atoms with E-state index in [0.717, 1.165) is 61.3 Å². The van der Waals surface area contributed by atoms with E-state index in [4.69, 9.17) is 4.98 Å². The Labute approximate surface area is 242 Å². The van der Waals surface area contributed by atoms with Crippen LogP contribution >= 0.6 is 11.3 Å². The molecular formula is C33H32F2N4OS. The zero-order valence-corrected chi connectivity index (χ0v) is 23.6. The molecule has 0 spiro atoms. The summed E-state index contributed by atoms with van der Waals surface area (Å²) in [5.41, 5.74) is 4.36. The number of amides is 1. The second kappa shape index (κ2) is 12.3. The summed E-state index contributed by atoms with van der Waals surface area (Å²) in [5.74, 6) is 0.807. The third-order valence-corrected chi connectivity index (χ3v) is 8.93. The highest BCUT2D eigenvalue weighted by Crippen LogP contribution is 2.29. The van der Waals surface area contributed by atoms with Gasteiger partial charge in [-0.3, -0.25) is 9.78 Å². The fourth-order valence-electron chi connectivity index (χ4n) is 5.72. The van der Waals surface area contributed by atoms with Crippen molar-refractivity contribution in [2.75, 3.05) is 13.1 Å². The van der Waals surface area contributed by atoms with Crippen LogP contribution in [0.4, 0.5) is 8.78 Å². The highest BCUT2D eigenvalue weighted by Gasteiger charge is 2.23. The summed E-state index contributed by atoms with van der Waals surface area (Å²) in [5, 5.41) is 3.40. The monoisotopic (exact) mass is 570 g/mol. The molecule has 1 amide bonds. The maximum Gasteiger partial charge on any atom is 0.222 e. The number of aromatic nitrogens is 3. The molecule has 3 aromatic heterocycles.